The van der Waals surface area contributed by atoms with Crippen molar-refractivity contribution in [3.63, 3.8) is 0 Å². The van der Waals surface area contributed by atoms with Gasteiger partial charge in [-0.3, -0.25) is 9.36 Å². The summed E-state index contributed by atoms with van der Waals surface area (Å²) in [6.07, 6.45) is 0. The van der Waals surface area contributed by atoms with E-state index in [0.717, 1.165) is 0 Å². The Morgan fingerprint density at radius 1 is 0.759 bits per heavy atom. The molecule has 3 aromatic carbocycles. The van der Waals surface area contributed by atoms with E-state index < -0.39 is 11.2 Å². The molecule has 0 radical (unpaired) electrons. The molecule has 0 aliphatic rings. The molecule has 2 heterocycles. The Hall–Kier alpha value is -4.12. The molecule has 5 nitrogen and oxygen atoms in total. The van der Waals surface area contributed by atoms with E-state index >= 15 is 0 Å². The number of pyridine rings is 1. The van der Waals surface area contributed by atoms with Crippen LogP contribution in [-0.4, -0.2) is 9.67 Å². The van der Waals surface area contributed by atoms with Gasteiger partial charge in [0.15, 0.2) is 5.58 Å². The Kier molecular flexibility index (Phi) is 3.81. The minimum atomic E-state index is -0.691. The van der Waals surface area contributed by atoms with Crippen LogP contribution in [0.4, 0.5) is 0 Å². The maximum absolute atomic E-state index is 13.5. The van der Waals surface area contributed by atoms with Gasteiger partial charge in [0.2, 0.25) is 0 Å². The van der Waals surface area contributed by atoms with E-state index in [1.807, 2.05) is 36.4 Å². The van der Waals surface area contributed by atoms with E-state index in [2.05, 4.69) is 0 Å². The first kappa shape index (κ1) is 17.0. The fraction of sp³-hybridized carbons (Fsp3) is 0. The molecule has 0 unspecified atom stereocenters. The molecule has 0 aliphatic carbocycles. The molecular formula is C24H15NO4. The van der Waals surface area contributed by atoms with Gasteiger partial charge in [-0.1, -0.05) is 60.7 Å². The SMILES string of the molecule is O=c1oc2c(c(O)c1-c1ccccc1)c(=O)n(-c1ccccc1)c1ccccc21. The fourth-order valence-electron chi connectivity index (χ4n) is 3.69. The van der Waals surface area contributed by atoms with Crippen LogP contribution in [0.3, 0.4) is 0 Å². The van der Waals surface area contributed by atoms with Crippen molar-refractivity contribution in [2.45, 2.75) is 0 Å². The van der Waals surface area contributed by atoms with Crippen LogP contribution in [0.1, 0.15) is 0 Å². The third kappa shape index (κ3) is 2.56. The molecule has 5 heteroatoms. The van der Waals surface area contributed by atoms with Gasteiger partial charge in [-0.2, -0.15) is 0 Å². The van der Waals surface area contributed by atoms with Crippen molar-refractivity contribution in [3.05, 3.63) is 106 Å². The molecule has 1 N–H and O–H groups in total. The van der Waals surface area contributed by atoms with Crippen LogP contribution in [0, 0.1) is 0 Å². The Bertz CT molecular complexity index is 1480. The summed E-state index contributed by atoms with van der Waals surface area (Å²) in [7, 11) is 0. The van der Waals surface area contributed by atoms with Crippen molar-refractivity contribution in [2.75, 3.05) is 0 Å². The fourth-order valence-corrected chi connectivity index (χ4v) is 3.69. The largest absolute Gasteiger partial charge is 0.506 e. The van der Waals surface area contributed by atoms with Crippen LogP contribution < -0.4 is 11.2 Å². The van der Waals surface area contributed by atoms with Gasteiger partial charge in [0.05, 0.1) is 5.52 Å². The lowest BCUT2D eigenvalue weighted by atomic mass is 10.0. The molecule has 0 atom stereocenters. The zero-order valence-electron chi connectivity index (χ0n) is 15.2. The summed E-state index contributed by atoms with van der Waals surface area (Å²) in [6.45, 7) is 0. The lowest BCUT2D eigenvalue weighted by Gasteiger charge is -2.14. The predicted octanol–water partition coefficient (Wildman–Crippen LogP) is 4.47. The topological polar surface area (TPSA) is 72.4 Å². The number of aromatic nitrogens is 1. The third-order valence-corrected chi connectivity index (χ3v) is 4.98. The highest BCUT2D eigenvalue weighted by atomic mass is 16.4. The van der Waals surface area contributed by atoms with Crippen molar-refractivity contribution in [3.8, 4) is 22.6 Å². The molecule has 0 saturated carbocycles. The van der Waals surface area contributed by atoms with Crippen LogP contribution in [0.2, 0.25) is 0 Å². The molecule has 5 aromatic rings. The highest BCUT2D eigenvalue weighted by Crippen LogP contribution is 2.34. The Morgan fingerprint density at radius 2 is 1.38 bits per heavy atom. The molecule has 0 amide bonds. The van der Waals surface area contributed by atoms with Crippen LogP contribution >= 0.6 is 0 Å². The first-order valence-corrected chi connectivity index (χ1v) is 9.11. The summed E-state index contributed by atoms with van der Waals surface area (Å²) in [6, 6.07) is 25.0. The van der Waals surface area contributed by atoms with Gasteiger partial charge in [0.25, 0.3) is 5.56 Å². The summed E-state index contributed by atoms with van der Waals surface area (Å²) in [5.74, 6) is -0.372. The van der Waals surface area contributed by atoms with Crippen LogP contribution in [-0.2, 0) is 0 Å². The molecule has 5 rings (SSSR count). The second-order valence-electron chi connectivity index (χ2n) is 6.68. The minimum absolute atomic E-state index is 0.0222. The van der Waals surface area contributed by atoms with Gasteiger partial charge in [-0.15, -0.1) is 0 Å². The molecule has 0 saturated heterocycles. The number of nitrogens with zero attached hydrogens (tertiary/aromatic N) is 1. The van der Waals surface area contributed by atoms with Crippen molar-refractivity contribution in [1.29, 1.82) is 0 Å². The number of hydrogen-bond acceptors (Lipinski definition) is 4. The number of benzene rings is 3. The van der Waals surface area contributed by atoms with Crippen molar-refractivity contribution in [1.82, 2.24) is 4.57 Å². The van der Waals surface area contributed by atoms with Crippen molar-refractivity contribution >= 4 is 21.9 Å². The van der Waals surface area contributed by atoms with Gasteiger partial charge in [0.1, 0.15) is 16.7 Å². The van der Waals surface area contributed by atoms with Crippen LogP contribution in [0.5, 0.6) is 5.75 Å². The summed E-state index contributed by atoms with van der Waals surface area (Å²) in [5.41, 5.74) is 0.643. The quantitative estimate of drug-likeness (QED) is 0.458. The maximum Gasteiger partial charge on any atom is 0.348 e. The van der Waals surface area contributed by atoms with Gasteiger partial charge < -0.3 is 9.52 Å². The van der Waals surface area contributed by atoms with Crippen LogP contribution in [0.15, 0.2) is 98.9 Å². The normalized spacial score (nSPS) is 11.2. The average Bonchev–Trinajstić information content (AvgIpc) is 2.75. The zero-order valence-corrected chi connectivity index (χ0v) is 15.2. The summed E-state index contributed by atoms with van der Waals surface area (Å²) in [4.78, 5) is 26.2. The summed E-state index contributed by atoms with van der Waals surface area (Å²) in [5, 5.41) is 11.6. The number of aromatic hydroxyl groups is 1. The maximum atomic E-state index is 13.5. The molecule has 2 aromatic heterocycles. The molecule has 0 spiro atoms. The Labute approximate surface area is 164 Å². The zero-order chi connectivity index (χ0) is 20.0. The second kappa shape index (κ2) is 6.49. The smallest absolute Gasteiger partial charge is 0.348 e. The van der Waals surface area contributed by atoms with Crippen LogP contribution in [0.25, 0.3) is 38.7 Å². The van der Waals surface area contributed by atoms with Gasteiger partial charge >= 0.3 is 5.63 Å². The lowest BCUT2D eigenvalue weighted by Crippen LogP contribution is -2.20. The highest BCUT2D eigenvalue weighted by Gasteiger charge is 2.22. The van der Waals surface area contributed by atoms with E-state index in [9.17, 15) is 14.7 Å². The Balaban J connectivity index is 2.01. The first-order valence-electron chi connectivity index (χ1n) is 9.11. The number of rotatable bonds is 2. The summed E-state index contributed by atoms with van der Waals surface area (Å²) >= 11 is 0. The van der Waals surface area contributed by atoms with Crippen molar-refractivity contribution < 1.29 is 9.52 Å². The third-order valence-electron chi connectivity index (χ3n) is 4.98. The van der Waals surface area contributed by atoms with Gasteiger partial charge in [-0.25, -0.2) is 4.79 Å². The Morgan fingerprint density at radius 3 is 2.10 bits per heavy atom. The lowest BCUT2D eigenvalue weighted by molar-refractivity contribution is 0.471. The van der Waals surface area contributed by atoms with Gasteiger partial charge in [0, 0.05) is 11.1 Å². The molecule has 140 valence electrons. The highest BCUT2D eigenvalue weighted by molar-refractivity contribution is 6.06. The number of fused-ring (bicyclic) bond motifs is 3. The minimum Gasteiger partial charge on any atom is -0.506 e. The van der Waals surface area contributed by atoms with E-state index in [0.29, 0.717) is 22.2 Å². The van der Waals surface area contributed by atoms with Gasteiger partial charge in [-0.05, 0) is 29.8 Å². The average molecular weight is 381 g/mol. The molecule has 29 heavy (non-hydrogen) atoms. The van der Waals surface area contributed by atoms with E-state index in [1.54, 1.807) is 48.5 Å². The number of para-hydroxylation sites is 2. The first-order chi connectivity index (χ1) is 14.2. The number of hydrogen-bond donors (Lipinski definition) is 1. The predicted molar refractivity (Wildman–Crippen MR) is 113 cm³/mol. The summed E-state index contributed by atoms with van der Waals surface area (Å²) < 4.78 is 7.10. The molecular weight excluding hydrogens is 366 g/mol. The van der Waals surface area contributed by atoms with E-state index in [4.69, 9.17) is 4.42 Å². The van der Waals surface area contributed by atoms with E-state index in [1.165, 1.54) is 4.57 Å². The second-order valence-corrected chi connectivity index (χ2v) is 6.68. The van der Waals surface area contributed by atoms with Crippen molar-refractivity contribution in [2.24, 2.45) is 0 Å². The molecule has 0 aliphatic heterocycles. The molecule has 0 bridgehead atoms. The van der Waals surface area contributed by atoms with E-state index in [-0.39, 0.29) is 22.3 Å². The monoisotopic (exact) mass is 381 g/mol. The standard InChI is InChI=1S/C24H15NO4/c26-21-19(15-9-3-1-4-10-15)24(28)29-22-17-13-7-8-14-18(17)25(23(27)20(21)22)16-11-5-2-6-12-16/h1-14,26H. The molecule has 0 fully saturated rings.